The number of halogens is 1. The van der Waals surface area contributed by atoms with E-state index < -0.39 is 16.7 Å². The first kappa shape index (κ1) is 22.3. The second kappa shape index (κ2) is 9.71. The number of nitro groups is 1. The van der Waals surface area contributed by atoms with Crippen molar-refractivity contribution in [3.63, 3.8) is 0 Å². The van der Waals surface area contributed by atoms with Crippen LogP contribution in [0.3, 0.4) is 0 Å². The summed E-state index contributed by atoms with van der Waals surface area (Å²) in [5.74, 6) is -0.780. The Hall–Kier alpha value is -3.90. The van der Waals surface area contributed by atoms with Gasteiger partial charge in [-0.3, -0.25) is 19.9 Å². The molecule has 170 valence electrons. The highest BCUT2D eigenvalue weighted by atomic mass is 32.1. The lowest BCUT2D eigenvalue weighted by molar-refractivity contribution is -0.385. The SMILES string of the molecule is O=C(O)CCCNCc1cnc(-c2cc3nccc(Oc4ccc([N+](=O)[O-])cc4F)c3s2)[nH]1. The molecule has 0 aliphatic carbocycles. The number of H-pyrrole nitrogens is 1. The van der Waals surface area contributed by atoms with Gasteiger partial charge in [0.05, 0.1) is 26.1 Å². The van der Waals surface area contributed by atoms with Gasteiger partial charge in [0, 0.05) is 43.2 Å². The van der Waals surface area contributed by atoms with Gasteiger partial charge < -0.3 is 20.1 Å². The number of non-ortho nitro benzene ring substituents is 1. The number of ether oxygens (including phenoxy) is 1. The zero-order valence-electron chi connectivity index (χ0n) is 17.1. The molecule has 1 aromatic carbocycles. The average Bonchev–Trinajstić information content (AvgIpc) is 3.42. The molecule has 0 fully saturated rings. The minimum Gasteiger partial charge on any atom is -0.481 e. The Labute approximate surface area is 190 Å². The van der Waals surface area contributed by atoms with E-state index in [-0.39, 0.29) is 17.9 Å². The minimum atomic E-state index is -0.836. The van der Waals surface area contributed by atoms with Gasteiger partial charge in [-0.05, 0) is 25.1 Å². The van der Waals surface area contributed by atoms with Crippen LogP contribution in [-0.2, 0) is 11.3 Å². The number of aromatic nitrogens is 3. The van der Waals surface area contributed by atoms with Crippen LogP contribution in [0.2, 0.25) is 0 Å². The molecule has 10 nitrogen and oxygen atoms in total. The molecule has 0 saturated heterocycles. The largest absolute Gasteiger partial charge is 0.481 e. The van der Waals surface area contributed by atoms with Crippen LogP contribution in [0, 0.1) is 15.9 Å². The third-order valence-corrected chi connectivity index (χ3v) is 5.79. The Bertz CT molecular complexity index is 1320. The zero-order valence-corrected chi connectivity index (χ0v) is 17.9. The number of carboxylic acid groups (broad SMARTS) is 1. The van der Waals surface area contributed by atoms with Crippen LogP contribution in [0.1, 0.15) is 18.5 Å². The van der Waals surface area contributed by atoms with Gasteiger partial charge in [-0.2, -0.15) is 0 Å². The summed E-state index contributed by atoms with van der Waals surface area (Å²) in [7, 11) is 0. The number of aliphatic carboxylic acids is 1. The number of nitrogens with one attached hydrogen (secondary N) is 2. The number of nitro benzene ring substituents is 1. The molecule has 12 heteroatoms. The van der Waals surface area contributed by atoms with Gasteiger partial charge in [0.25, 0.3) is 5.69 Å². The highest BCUT2D eigenvalue weighted by molar-refractivity contribution is 7.22. The van der Waals surface area contributed by atoms with Crippen molar-refractivity contribution in [1.29, 1.82) is 0 Å². The fourth-order valence-electron chi connectivity index (χ4n) is 3.08. The predicted octanol–water partition coefficient (Wildman–Crippen LogP) is 4.48. The maximum atomic E-state index is 14.3. The summed E-state index contributed by atoms with van der Waals surface area (Å²) in [5, 5.41) is 22.6. The molecule has 33 heavy (non-hydrogen) atoms. The van der Waals surface area contributed by atoms with Gasteiger partial charge in [0.2, 0.25) is 0 Å². The number of nitrogens with zero attached hydrogens (tertiary/aromatic N) is 3. The van der Waals surface area contributed by atoms with Gasteiger partial charge in [-0.1, -0.05) is 0 Å². The van der Waals surface area contributed by atoms with E-state index in [9.17, 15) is 19.3 Å². The summed E-state index contributed by atoms with van der Waals surface area (Å²) in [4.78, 5) is 33.4. The number of imidazole rings is 1. The van der Waals surface area contributed by atoms with E-state index in [2.05, 4.69) is 20.3 Å². The van der Waals surface area contributed by atoms with Gasteiger partial charge in [-0.25, -0.2) is 9.37 Å². The van der Waals surface area contributed by atoms with Gasteiger partial charge in [-0.15, -0.1) is 11.3 Å². The van der Waals surface area contributed by atoms with Crippen LogP contribution < -0.4 is 10.1 Å². The quantitative estimate of drug-likeness (QED) is 0.174. The van der Waals surface area contributed by atoms with Crippen LogP contribution in [0.5, 0.6) is 11.5 Å². The molecular formula is C21H18FN5O5S. The molecule has 0 aliphatic rings. The molecule has 0 bridgehead atoms. The molecule has 3 N–H and O–H groups in total. The fourth-order valence-corrected chi connectivity index (χ4v) is 4.10. The number of aromatic amines is 1. The highest BCUT2D eigenvalue weighted by Crippen LogP contribution is 2.39. The van der Waals surface area contributed by atoms with E-state index in [0.29, 0.717) is 41.3 Å². The lowest BCUT2D eigenvalue weighted by atomic mass is 10.3. The highest BCUT2D eigenvalue weighted by Gasteiger charge is 2.16. The smallest absolute Gasteiger partial charge is 0.303 e. The maximum absolute atomic E-state index is 14.3. The van der Waals surface area contributed by atoms with Crippen molar-refractivity contribution >= 4 is 33.2 Å². The zero-order chi connectivity index (χ0) is 23.4. The normalized spacial score (nSPS) is 11.1. The van der Waals surface area contributed by atoms with Crippen LogP contribution in [0.25, 0.3) is 20.9 Å². The fraction of sp³-hybridized carbons (Fsp3) is 0.190. The molecule has 0 aliphatic heterocycles. The minimum absolute atomic E-state index is 0.115. The Morgan fingerprint density at radius 2 is 2.12 bits per heavy atom. The molecule has 0 amide bonds. The summed E-state index contributed by atoms with van der Waals surface area (Å²) in [6, 6.07) is 6.64. The van der Waals surface area contributed by atoms with Crippen molar-refractivity contribution in [1.82, 2.24) is 20.3 Å². The molecule has 0 saturated carbocycles. The predicted molar refractivity (Wildman–Crippen MR) is 119 cm³/mol. The van der Waals surface area contributed by atoms with E-state index in [0.717, 1.165) is 16.6 Å². The number of thiophene rings is 1. The Kier molecular flexibility index (Phi) is 6.56. The lowest BCUT2D eigenvalue weighted by Gasteiger charge is -2.07. The van der Waals surface area contributed by atoms with Gasteiger partial charge in [0.15, 0.2) is 11.6 Å². The van der Waals surface area contributed by atoms with Gasteiger partial charge >= 0.3 is 5.97 Å². The first-order valence-corrected chi connectivity index (χ1v) is 10.7. The second-order valence-electron chi connectivity index (χ2n) is 7.04. The summed E-state index contributed by atoms with van der Waals surface area (Å²) >= 11 is 1.36. The summed E-state index contributed by atoms with van der Waals surface area (Å²) in [5.41, 5.74) is 1.12. The molecule has 0 spiro atoms. The number of rotatable bonds is 10. The Morgan fingerprint density at radius 1 is 1.27 bits per heavy atom. The summed E-state index contributed by atoms with van der Waals surface area (Å²) in [6.07, 6.45) is 3.88. The van der Waals surface area contributed by atoms with E-state index in [1.165, 1.54) is 29.7 Å². The third-order valence-electron chi connectivity index (χ3n) is 4.64. The van der Waals surface area contributed by atoms with Crippen molar-refractivity contribution in [2.24, 2.45) is 0 Å². The summed E-state index contributed by atoms with van der Waals surface area (Å²) < 4.78 is 20.6. The molecule has 4 rings (SSSR count). The van der Waals surface area contributed by atoms with Crippen molar-refractivity contribution in [3.8, 4) is 22.2 Å². The van der Waals surface area contributed by atoms with E-state index in [1.807, 2.05) is 6.07 Å². The molecular weight excluding hydrogens is 453 g/mol. The first-order valence-electron chi connectivity index (χ1n) is 9.88. The van der Waals surface area contributed by atoms with E-state index in [1.54, 1.807) is 12.3 Å². The molecule has 0 atom stereocenters. The van der Waals surface area contributed by atoms with Crippen LogP contribution in [0.15, 0.2) is 42.7 Å². The van der Waals surface area contributed by atoms with Crippen molar-refractivity contribution < 1.29 is 24.0 Å². The number of hydrogen-bond acceptors (Lipinski definition) is 8. The number of pyridine rings is 1. The van der Waals surface area contributed by atoms with Crippen molar-refractivity contribution in [2.75, 3.05) is 6.54 Å². The monoisotopic (exact) mass is 471 g/mol. The van der Waals surface area contributed by atoms with E-state index >= 15 is 0 Å². The number of fused-ring (bicyclic) bond motifs is 1. The van der Waals surface area contributed by atoms with Crippen LogP contribution in [-0.4, -0.2) is 37.5 Å². The van der Waals surface area contributed by atoms with Crippen LogP contribution in [0.4, 0.5) is 10.1 Å². The third kappa shape index (κ3) is 5.30. The molecule has 3 aromatic heterocycles. The van der Waals surface area contributed by atoms with Crippen molar-refractivity contribution in [2.45, 2.75) is 19.4 Å². The standard InChI is InChI=1S/C21H18FN5O5S/c22-14-8-13(27(30)31)3-4-16(14)32-17-5-7-24-15-9-18(33-20(15)17)21-25-11-12(26-21)10-23-6-1-2-19(28)29/h3-5,7-9,11,23H,1-2,6,10H2,(H,25,26)(H,28,29). The first-order chi connectivity index (χ1) is 15.9. The number of benzene rings is 1. The van der Waals surface area contributed by atoms with Crippen molar-refractivity contribution in [3.05, 3.63) is 64.4 Å². The Balaban J connectivity index is 1.49. The topological polar surface area (TPSA) is 143 Å². The molecule has 0 radical (unpaired) electrons. The maximum Gasteiger partial charge on any atom is 0.303 e. The number of hydrogen-bond donors (Lipinski definition) is 3. The Morgan fingerprint density at radius 3 is 2.88 bits per heavy atom. The van der Waals surface area contributed by atoms with Gasteiger partial charge in [0.1, 0.15) is 11.6 Å². The van der Waals surface area contributed by atoms with E-state index in [4.69, 9.17) is 9.84 Å². The van der Waals surface area contributed by atoms with Crippen LogP contribution >= 0.6 is 11.3 Å². The lowest BCUT2D eigenvalue weighted by Crippen LogP contribution is -2.15. The number of carboxylic acids is 1. The number of carbonyl (C=O) groups is 1. The second-order valence-corrected chi connectivity index (χ2v) is 8.09. The average molecular weight is 471 g/mol. The molecule has 3 heterocycles. The molecule has 4 aromatic rings. The summed E-state index contributed by atoms with van der Waals surface area (Å²) in [6.45, 7) is 1.09. The molecule has 0 unspecified atom stereocenters.